The second-order valence-corrected chi connectivity index (χ2v) is 7.99. The number of benzene rings is 1. The average Bonchev–Trinajstić information content (AvgIpc) is 3.38. The van der Waals surface area contributed by atoms with E-state index in [0.29, 0.717) is 42.0 Å². The van der Waals surface area contributed by atoms with E-state index >= 15 is 0 Å². The van der Waals surface area contributed by atoms with Crippen LogP contribution in [0.3, 0.4) is 0 Å². The van der Waals surface area contributed by atoms with Crippen molar-refractivity contribution in [1.82, 2.24) is 24.6 Å². The SMILES string of the molecule is CC(C)(C)C(=O)Oc1ccc(CCNc2nc(N)n3nc(-c4ccco4)nc3n2)cc1. The first-order chi connectivity index (χ1) is 14.8. The Hall–Kier alpha value is -3.95. The largest absolute Gasteiger partial charge is 0.461 e. The van der Waals surface area contributed by atoms with Gasteiger partial charge in [-0.05, 0) is 57.0 Å². The maximum atomic E-state index is 12.0. The van der Waals surface area contributed by atoms with Crippen LogP contribution in [0, 0.1) is 5.41 Å². The maximum absolute atomic E-state index is 12.0. The number of hydrogen-bond acceptors (Lipinski definition) is 9. The molecule has 0 aliphatic rings. The molecule has 4 aromatic rings. The van der Waals surface area contributed by atoms with Gasteiger partial charge in [-0.1, -0.05) is 12.1 Å². The predicted octanol–water partition coefficient (Wildman–Crippen LogP) is 2.97. The maximum Gasteiger partial charge on any atom is 0.316 e. The number of carbonyl (C=O) groups is 1. The molecule has 1 aromatic carbocycles. The van der Waals surface area contributed by atoms with Gasteiger partial charge in [0.15, 0.2) is 5.76 Å². The van der Waals surface area contributed by atoms with Gasteiger partial charge in [-0.2, -0.15) is 19.5 Å². The van der Waals surface area contributed by atoms with Crippen LogP contribution in [0.25, 0.3) is 17.4 Å². The Labute approximate surface area is 178 Å². The highest BCUT2D eigenvalue weighted by atomic mass is 16.5. The summed E-state index contributed by atoms with van der Waals surface area (Å²) in [6, 6.07) is 10.9. The van der Waals surface area contributed by atoms with Crippen LogP contribution < -0.4 is 15.8 Å². The number of hydrogen-bond donors (Lipinski definition) is 2. The van der Waals surface area contributed by atoms with Gasteiger partial charge in [-0.25, -0.2) is 0 Å². The number of fused-ring (bicyclic) bond motifs is 1. The predicted molar refractivity (Wildman–Crippen MR) is 114 cm³/mol. The second kappa shape index (κ2) is 8.05. The normalized spacial score (nSPS) is 11.6. The number of furan rings is 1. The van der Waals surface area contributed by atoms with E-state index in [0.717, 1.165) is 5.56 Å². The van der Waals surface area contributed by atoms with Gasteiger partial charge in [0.2, 0.25) is 17.7 Å². The lowest BCUT2D eigenvalue weighted by molar-refractivity contribution is -0.142. The van der Waals surface area contributed by atoms with Crippen LogP contribution >= 0.6 is 0 Å². The van der Waals surface area contributed by atoms with Crippen LogP contribution in [0.2, 0.25) is 0 Å². The number of nitrogens with zero attached hydrogens (tertiary/aromatic N) is 5. The Morgan fingerprint density at radius 3 is 2.61 bits per heavy atom. The molecule has 160 valence electrons. The fourth-order valence-corrected chi connectivity index (χ4v) is 2.70. The first kappa shape index (κ1) is 20.3. The Balaban J connectivity index is 1.37. The molecular weight excluding hydrogens is 398 g/mol. The van der Waals surface area contributed by atoms with E-state index in [1.165, 1.54) is 4.52 Å². The zero-order valence-corrected chi connectivity index (χ0v) is 17.5. The van der Waals surface area contributed by atoms with E-state index in [2.05, 4.69) is 25.4 Å². The van der Waals surface area contributed by atoms with Gasteiger partial charge in [-0.3, -0.25) is 4.79 Å². The zero-order chi connectivity index (χ0) is 22.0. The number of carbonyl (C=O) groups excluding carboxylic acids is 1. The molecule has 0 saturated carbocycles. The highest BCUT2D eigenvalue weighted by Crippen LogP contribution is 2.20. The monoisotopic (exact) mass is 421 g/mol. The molecular formula is C21H23N7O3. The van der Waals surface area contributed by atoms with Crippen molar-refractivity contribution < 1.29 is 13.9 Å². The topological polar surface area (TPSA) is 133 Å². The van der Waals surface area contributed by atoms with Crippen LogP contribution in [0.5, 0.6) is 5.75 Å². The van der Waals surface area contributed by atoms with Crippen LogP contribution in [-0.2, 0) is 11.2 Å². The Morgan fingerprint density at radius 1 is 1.16 bits per heavy atom. The standard InChI is InChI=1S/C21H23N7O3/c1-21(2,3)17(29)31-14-8-6-13(7-9-14)10-11-23-19-25-18(22)28-20(26-19)24-16(27-28)15-5-4-12-30-15/h4-9,12H,10-11H2,1-3H3,(H3,22,23,24,25,26,27). The molecule has 10 nitrogen and oxygen atoms in total. The van der Waals surface area contributed by atoms with Crippen molar-refractivity contribution in [2.45, 2.75) is 27.2 Å². The van der Waals surface area contributed by atoms with Crippen LogP contribution in [-0.4, -0.2) is 37.1 Å². The third-order valence-corrected chi connectivity index (χ3v) is 4.42. The minimum atomic E-state index is -0.547. The van der Waals surface area contributed by atoms with Crippen molar-refractivity contribution in [2.24, 2.45) is 5.41 Å². The first-order valence-electron chi connectivity index (χ1n) is 9.79. The average molecular weight is 421 g/mol. The fraction of sp³-hybridized carbons (Fsp3) is 0.286. The summed E-state index contributed by atoms with van der Waals surface area (Å²) in [7, 11) is 0. The number of nitrogens with one attached hydrogen (secondary N) is 1. The minimum absolute atomic E-state index is 0.169. The smallest absolute Gasteiger partial charge is 0.316 e. The third-order valence-electron chi connectivity index (χ3n) is 4.42. The highest BCUT2D eigenvalue weighted by Gasteiger charge is 2.23. The number of rotatable bonds is 6. The molecule has 0 radical (unpaired) electrons. The number of anilines is 2. The highest BCUT2D eigenvalue weighted by molar-refractivity contribution is 5.77. The van der Waals surface area contributed by atoms with Gasteiger partial charge in [0, 0.05) is 6.54 Å². The number of nitrogen functional groups attached to an aromatic ring is 1. The van der Waals surface area contributed by atoms with E-state index in [9.17, 15) is 4.79 Å². The number of nitrogens with two attached hydrogens (primary N) is 1. The summed E-state index contributed by atoms with van der Waals surface area (Å²) in [5, 5.41) is 7.41. The summed E-state index contributed by atoms with van der Waals surface area (Å²) in [5.41, 5.74) is 6.51. The van der Waals surface area contributed by atoms with Crippen molar-refractivity contribution in [3.05, 3.63) is 48.2 Å². The fourth-order valence-electron chi connectivity index (χ4n) is 2.70. The molecule has 0 atom stereocenters. The lowest BCUT2D eigenvalue weighted by atomic mass is 9.97. The van der Waals surface area contributed by atoms with Gasteiger partial charge in [0.05, 0.1) is 11.7 Å². The van der Waals surface area contributed by atoms with E-state index in [-0.39, 0.29) is 11.9 Å². The van der Waals surface area contributed by atoms with E-state index in [1.54, 1.807) is 30.5 Å². The lowest BCUT2D eigenvalue weighted by Gasteiger charge is -2.16. The molecule has 4 rings (SSSR count). The molecule has 0 fully saturated rings. The van der Waals surface area contributed by atoms with Crippen molar-refractivity contribution in [2.75, 3.05) is 17.6 Å². The first-order valence-corrected chi connectivity index (χ1v) is 9.79. The summed E-state index contributed by atoms with van der Waals surface area (Å²) in [4.78, 5) is 24.9. The van der Waals surface area contributed by atoms with Crippen molar-refractivity contribution in [3.8, 4) is 17.3 Å². The molecule has 3 heterocycles. The molecule has 0 amide bonds. The van der Waals surface area contributed by atoms with Gasteiger partial charge >= 0.3 is 5.97 Å². The van der Waals surface area contributed by atoms with Gasteiger partial charge in [-0.15, -0.1) is 5.10 Å². The Kier molecular flexibility index (Phi) is 5.28. The van der Waals surface area contributed by atoms with E-state index in [4.69, 9.17) is 14.9 Å². The van der Waals surface area contributed by atoms with Gasteiger partial charge in [0.25, 0.3) is 5.78 Å². The van der Waals surface area contributed by atoms with E-state index in [1.807, 2.05) is 32.9 Å². The molecule has 31 heavy (non-hydrogen) atoms. The van der Waals surface area contributed by atoms with Crippen LogP contribution in [0.15, 0.2) is 47.1 Å². The molecule has 0 saturated heterocycles. The second-order valence-electron chi connectivity index (χ2n) is 7.99. The molecule has 3 N–H and O–H groups in total. The van der Waals surface area contributed by atoms with Gasteiger partial charge in [0.1, 0.15) is 5.75 Å². The number of ether oxygens (including phenoxy) is 1. The Bertz CT molecular complexity index is 1190. The zero-order valence-electron chi connectivity index (χ0n) is 17.5. The molecule has 0 spiro atoms. The summed E-state index contributed by atoms with van der Waals surface area (Å²) >= 11 is 0. The van der Waals surface area contributed by atoms with Crippen molar-refractivity contribution in [3.63, 3.8) is 0 Å². The van der Waals surface area contributed by atoms with Gasteiger partial charge < -0.3 is 20.2 Å². The summed E-state index contributed by atoms with van der Waals surface area (Å²) in [5.74, 6) is 2.02. The van der Waals surface area contributed by atoms with Crippen molar-refractivity contribution in [1.29, 1.82) is 0 Å². The van der Waals surface area contributed by atoms with Crippen LogP contribution in [0.4, 0.5) is 11.9 Å². The number of esters is 1. The van der Waals surface area contributed by atoms with Crippen molar-refractivity contribution >= 4 is 23.6 Å². The molecule has 10 heteroatoms. The molecule has 3 aromatic heterocycles. The molecule has 0 aliphatic carbocycles. The van der Waals surface area contributed by atoms with E-state index < -0.39 is 5.41 Å². The van der Waals surface area contributed by atoms with Crippen LogP contribution in [0.1, 0.15) is 26.3 Å². The minimum Gasteiger partial charge on any atom is -0.461 e. The summed E-state index contributed by atoms with van der Waals surface area (Å²) in [6.45, 7) is 6.03. The number of aromatic nitrogens is 5. The lowest BCUT2D eigenvalue weighted by Crippen LogP contribution is -2.25. The Morgan fingerprint density at radius 2 is 1.94 bits per heavy atom. The molecule has 0 unspecified atom stereocenters. The molecule has 0 bridgehead atoms. The summed E-state index contributed by atoms with van der Waals surface area (Å²) < 4.78 is 12.1. The summed E-state index contributed by atoms with van der Waals surface area (Å²) in [6.07, 6.45) is 2.26. The molecule has 0 aliphatic heterocycles. The third kappa shape index (κ3) is 4.63. The quantitative estimate of drug-likeness (QED) is 0.356.